The van der Waals surface area contributed by atoms with Crippen LogP contribution < -0.4 is 10.6 Å². The molecule has 0 aliphatic heterocycles. The standard InChI is InChI=1S/C16H27N3O2S2/c1-4-14(19-16(17-5-2)18-11-12-22-3)13-23(20,21)15-9-7-6-8-10-15/h6-10,14H,4-5,11-13H2,1-3H3,(H2,17,18,19). The van der Waals surface area contributed by atoms with Crippen LogP contribution in [0.5, 0.6) is 0 Å². The molecule has 0 saturated heterocycles. The predicted molar refractivity (Wildman–Crippen MR) is 100 cm³/mol. The number of sulfone groups is 1. The van der Waals surface area contributed by atoms with Crippen molar-refractivity contribution in [2.24, 2.45) is 4.99 Å². The van der Waals surface area contributed by atoms with Crippen molar-refractivity contribution in [3.05, 3.63) is 30.3 Å². The lowest BCUT2D eigenvalue weighted by Gasteiger charge is -2.20. The van der Waals surface area contributed by atoms with E-state index < -0.39 is 9.84 Å². The first-order chi connectivity index (χ1) is 11.0. The Hall–Kier alpha value is -1.21. The molecule has 0 amide bonds. The topological polar surface area (TPSA) is 70.6 Å². The number of rotatable bonds is 9. The first-order valence-corrected chi connectivity index (χ1v) is 10.9. The molecule has 1 rings (SSSR count). The minimum Gasteiger partial charge on any atom is -0.357 e. The van der Waals surface area contributed by atoms with Crippen LogP contribution in [0.25, 0.3) is 0 Å². The van der Waals surface area contributed by atoms with Gasteiger partial charge >= 0.3 is 0 Å². The van der Waals surface area contributed by atoms with E-state index in [-0.39, 0.29) is 11.8 Å². The molecule has 1 unspecified atom stereocenters. The Morgan fingerprint density at radius 1 is 1.26 bits per heavy atom. The summed E-state index contributed by atoms with van der Waals surface area (Å²) in [5.74, 6) is 1.67. The van der Waals surface area contributed by atoms with Crippen molar-refractivity contribution >= 4 is 27.6 Å². The highest BCUT2D eigenvalue weighted by atomic mass is 32.2. The van der Waals surface area contributed by atoms with Crippen LogP contribution in [-0.4, -0.2) is 51.3 Å². The first-order valence-electron chi connectivity index (χ1n) is 7.85. The van der Waals surface area contributed by atoms with E-state index in [1.54, 1.807) is 36.0 Å². The normalized spacial score (nSPS) is 13.6. The van der Waals surface area contributed by atoms with Crippen LogP contribution in [0.15, 0.2) is 40.2 Å². The molecule has 0 aromatic heterocycles. The molecule has 0 aliphatic rings. The van der Waals surface area contributed by atoms with Crippen LogP contribution in [0.2, 0.25) is 0 Å². The molecule has 1 atom stereocenters. The van der Waals surface area contributed by atoms with Gasteiger partial charge in [-0.05, 0) is 31.7 Å². The number of hydrogen-bond acceptors (Lipinski definition) is 4. The summed E-state index contributed by atoms with van der Waals surface area (Å²) in [5, 5.41) is 6.41. The number of aliphatic imine (C=N–C) groups is 1. The van der Waals surface area contributed by atoms with Crippen LogP contribution in [0.1, 0.15) is 20.3 Å². The molecule has 0 heterocycles. The zero-order valence-corrected chi connectivity index (χ0v) is 15.7. The molecule has 0 radical (unpaired) electrons. The largest absolute Gasteiger partial charge is 0.357 e. The summed E-state index contributed by atoms with van der Waals surface area (Å²) < 4.78 is 25.0. The second-order valence-electron chi connectivity index (χ2n) is 5.10. The van der Waals surface area contributed by atoms with Crippen molar-refractivity contribution in [2.75, 3.05) is 30.9 Å². The lowest BCUT2D eigenvalue weighted by molar-refractivity contribution is 0.569. The van der Waals surface area contributed by atoms with Crippen molar-refractivity contribution in [1.82, 2.24) is 10.6 Å². The first kappa shape index (κ1) is 19.8. The molecule has 0 bridgehead atoms. The highest BCUT2D eigenvalue weighted by molar-refractivity contribution is 7.98. The smallest absolute Gasteiger partial charge is 0.191 e. The van der Waals surface area contributed by atoms with Crippen molar-refractivity contribution in [3.63, 3.8) is 0 Å². The molecule has 1 aromatic rings. The summed E-state index contributed by atoms with van der Waals surface area (Å²) in [4.78, 5) is 4.84. The highest BCUT2D eigenvalue weighted by Crippen LogP contribution is 2.12. The van der Waals surface area contributed by atoms with E-state index in [0.717, 1.165) is 12.3 Å². The number of nitrogens with zero attached hydrogens (tertiary/aromatic N) is 1. The highest BCUT2D eigenvalue weighted by Gasteiger charge is 2.20. The molecule has 1 aromatic carbocycles. The van der Waals surface area contributed by atoms with E-state index in [1.807, 2.05) is 26.2 Å². The van der Waals surface area contributed by atoms with E-state index in [4.69, 9.17) is 0 Å². The van der Waals surface area contributed by atoms with Gasteiger partial charge in [-0.1, -0.05) is 25.1 Å². The van der Waals surface area contributed by atoms with E-state index in [1.165, 1.54) is 0 Å². The zero-order valence-electron chi connectivity index (χ0n) is 14.1. The molecule has 2 N–H and O–H groups in total. The van der Waals surface area contributed by atoms with Crippen LogP contribution in [0.3, 0.4) is 0 Å². The number of nitrogens with one attached hydrogen (secondary N) is 2. The number of thioether (sulfide) groups is 1. The minimum absolute atomic E-state index is 0.0560. The average molecular weight is 358 g/mol. The molecule has 5 nitrogen and oxygen atoms in total. The quantitative estimate of drug-likeness (QED) is 0.403. The Bertz CT molecular complexity index is 574. The van der Waals surface area contributed by atoms with Gasteiger partial charge in [-0.3, -0.25) is 4.99 Å². The molecule has 130 valence electrons. The lowest BCUT2D eigenvalue weighted by atomic mass is 10.3. The Kier molecular flexibility index (Phi) is 9.09. The molecular formula is C16H27N3O2S2. The van der Waals surface area contributed by atoms with Gasteiger partial charge < -0.3 is 10.6 Å². The molecular weight excluding hydrogens is 330 g/mol. The Labute approximate surface area is 144 Å². The summed E-state index contributed by atoms with van der Waals surface area (Å²) in [5.41, 5.74) is 0. The fourth-order valence-electron chi connectivity index (χ4n) is 2.01. The summed E-state index contributed by atoms with van der Waals surface area (Å²) in [7, 11) is -3.31. The summed E-state index contributed by atoms with van der Waals surface area (Å²) in [6, 6.07) is 8.41. The monoisotopic (exact) mass is 357 g/mol. The van der Waals surface area contributed by atoms with Gasteiger partial charge in [0.1, 0.15) is 0 Å². The average Bonchev–Trinajstić information content (AvgIpc) is 2.55. The van der Waals surface area contributed by atoms with Crippen LogP contribution in [0, 0.1) is 0 Å². The fourth-order valence-corrected chi connectivity index (χ4v) is 3.90. The van der Waals surface area contributed by atoms with Gasteiger partial charge in [0.25, 0.3) is 0 Å². The van der Waals surface area contributed by atoms with Crippen molar-refractivity contribution in [1.29, 1.82) is 0 Å². The van der Waals surface area contributed by atoms with Crippen LogP contribution in [-0.2, 0) is 9.84 Å². The molecule has 0 saturated carbocycles. The van der Waals surface area contributed by atoms with Crippen molar-refractivity contribution in [2.45, 2.75) is 31.2 Å². The third-order valence-electron chi connectivity index (χ3n) is 3.27. The van der Waals surface area contributed by atoms with Gasteiger partial charge in [-0.15, -0.1) is 0 Å². The summed E-state index contributed by atoms with van der Waals surface area (Å²) in [6.07, 6.45) is 2.75. The molecule has 7 heteroatoms. The van der Waals surface area contributed by atoms with Gasteiger partial charge in [-0.2, -0.15) is 11.8 Å². The maximum Gasteiger partial charge on any atom is 0.191 e. The lowest BCUT2D eigenvalue weighted by Crippen LogP contribution is -2.46. The Morgan fingerprint density at radius 3 is 2.52 bits per heavy atom. The predicted octanol–water partition coefficient (Wildman–Crippen LogP) is 2.16. The second kappa shape index (κ2) is 10.5. The van der Waals surface area contributed by atoms with E-state index in [2.05, 4.69) is 15.6 Å². The Balaban J connectivity index is 2.76. The molecule has 0 fully saturated rings. The number of benzene rings is 1. The van der Waals surface area contributed by atoms with E-state index in [9.17, 15) is 8.42 Å². The van der Waals surface area contributed by atoms with Crippen LogP contribution in [0.4, 0.5) is 0 Å². The summed E-state index contributed by atoms with van der Waals surface area (Å²) in [6.45, 7) is 5.42. The minimum atomic E-state index is -3.31. The SMILES string of the molecule is CCNC(=NCCSC)NC(CC)CS(=O)(=O)c1ccccc1. The van der Waals surface area contributed by atoms with Gasteiger partial charge in [0, 0.05) is 18.3 Å². The molecule has 0 aliphatic carbocycles. The Morgan fingerprint density at radius 2 is 1.96 bits per heavy atom. The van der Waals surface area contributed by atoms with E-state index >= 15 is 0 Å². The van der Waals surface area contributed by atoms with Gasteiger partial charge in [0.05, 0.1) is 17.2 Å². The van der Waals surface area contributed by atoms with E-state index in [0.29, 0.717) is 23.8 Å². The molecule has 23 heavy (non-hydrogen) atoms. The number of guanidine groups is 1. The van der Waals surface area contributed by atoms with Crippen LogP contribution >= 0.6 is 11.8 Å². The van der Waals surface area contributed by atoms with Crippen molar-refractivity contribution < 1.29 is 8.42 Å². The molecule has 0 spiro atoms. The van der Waals surface area contributed by atoms with Gasteiger partial charge in [0.2, 0.25) is 0 Å². The third kappa shape index (κ3) is 7.26. The van der Waals surface area contributed by atoms with Crippen molar-refractivity contribution in [3.8, 4) is 0 Å². The maximum absolute atomic E-state index is 12.5. The van der Waals surface area contributed by atoms with Gasteiger partial charge in [0.15, 0.2) is 15.8 Å². The zero-order chi connectivity index (χ0) is 17.1. The fraction of sp³-hybridized carbons (Fsp3) is 0.562. The third-order valence-corrected chi connectivity index (χ3v) is 5.69. The van der Waals surface area contributed by atoms with Gasteiger partial charge in [-0.25, -0.2) is 8.42 Å². The number of hydrogen-bond donors (Lipinski definition) is 2. The maximum atomic E-state index is 12.5. The second-order valence-corrected chi connectivity index (χ2v) is 8.12. The summed E-state index contributed by atoms with van der Waals surface area (Å²) >= 11 is 1.74.